The molecule has 0 spiro atoms. The number of amides is 1. The van der Waals surface area contributed by atoms with Gasteiger partial charge in [-0.1, -0.05) is 6.58 Å². The summed E-state index contributed by atoms with van der Waals surface area (Å²) in [6.45, 7) is 5.22. The summed E-state index contributed by atoms with van der Waals surface area (Å²) < 4.78 is 5.67. The van der Waals surface area contributed by atoms with Crippen LogP contribution in [-0.4, -0.2) is 67.7 Å². The van der Waals surface area contributed by atoms with Crippen LogP contribution >= 0.6 is 0 Å². The Morgan fingerprint density at radius 2 is 1.88 bits per heavy atom. The van der Waals surface area contributed by atoms with Gasteiger partial charge < -0.3 is 30.5 Å². The van der Waals surface area contributed by atoms with Crippen LogP contribution < -0.4 is 25.6 Å². The Morgan fingerprint density at radius 3 is 2.48 bits per heavy atom. The molecule has 3 saturated carbocycles. The molecule has 5 rings (SSSR count). The van der Waals surface area contributed by atoms with E-state index in [-0.39, 0.29) is 11.4 Å². The Bertz CT molecular complexity index is 1020. The average molecular weight is 452 g/mol. The lowest BCUT2D eigenvalue weighted by Crippen LogP contribution is -2.63. The van der Waals surface area contributed by atoms with E-state index in [2.05, 4.69) is 42.3 Å². The number of rotatable bonds is 11. The van der Waals surface area contributed by atoms with Gasteiger partial charge in [-0.25, -0.2) is 9.97 Å². The molecule has 1 aromatic heterocycles. The molecule has 1 aromatic carbocycles. The third-order valence-corrected chi connectivity index (χ3v) is 6.42. The van der Waals surface area contributed by atoms with Gasteiger partial charge >= 0.3 is 0 Å². The molecule has 0 radical (unpaired) electrons. The topological polar surface area (TPSA) is 94.7 Å². The van der Waals surface area contributed by atoms with E-state index in [9.17, 15) is 4.79 Å². The number of nitrogens with zero attached hydrogens (tertiary/aromatic N) is 4. The van der Waals surface area contributed by atoms with Gasteiger partial charge in [-0.15, -0.1) is 0 Å². The molecule has 9 nitrogen and oxygen atoms in total. The largest absolute Gasteiger partial charge is 0.494 e. The maximum Gasteiger partial charge on any atom is 0.247 e. The van der Waals surface area contributed by atoms with Crippen molar-refractivity contribution >= 4 is 34.6 Å². The van der Waals surface area contributed by atoms with Crippen LogP contribution in [-0.2, 0) is 4.79 Å². The van der Waals surface area contributed by atoms with E-state index in [1.165, 1.54) is 25.3 Å². The second kappa shape index (κ2) is 9.27. The Morgan fingerprint density at radius 1 is 1.15 bits per heavy atom. The molecule has 2 aromatic rings. The molecular formula is C24H33N7O2. The average Bonchev–Trinajstić information content (AvgIpc) is 2.74. The zero-order valence-corrected chi connectivity index (χ0v) is 19.8. The number of carbonyl (C=O) groups is 1. The summed E-state index contributed by atoms with van der Waals surface area (Å²) in [4.78, 5) is 25.1. The maximum atomic E-state index is 12.1. The summed E-state index contributed by atoms with van der Waals surface area (Å²) in [6, 6.07) is 5.68. The van der Waals surface area contributed by atoms with E-state index < -0.39 is 0 Å². The fourth-order valence-corrected chi connectivity index (χ4v) is 4.44. The molecule has 0 unspecified atom stereocenters. The zero-order valence-electron chi connectivity index (χ0n) is 19.8. The van der Waals surface area contributed by atoms with Crippen LogP contribution in [0.3, 0.4) is 0 Å². The van der Waals surface area contributed by atoms with Crippen molar-refractivity contribution in [3.05, 3.63) is 37.2 Å². The SMILES string of the molecule is C=CC(=O)Nc1cc(Nc2cc(NC34CC(C3)C4)ncn2)c(OC)cc1N(C)CCN(C)C. The first-order chi connectivity index (χ1) is 15.8. The fraction of sp³-hybridized carbons (Fsp3) is 0.458. The van der Waals surface area contributed by atoms with Crippen molar-refractivity contribution in [1.82, 2.24) is 14.9 Å². The number of anilines is 5. The van der Waals surface area contributed by atoms with Crippen molar-refractivity contribution in [1.29, 1.82) is 0 Å². The predicted octanol–water partition coefficient (Wildman–Crippen LogP) is 3.32. The minimum absolute atomic E-state index is 0.231. The molecule has 9 heteroatoms. The zero-order chi connectivity index (χ0) is 23.6. The second-order valence-corrected chi connectivity index (χ2v) is 9.29. The number of methoxy groups -OCH3 is 1. The molecule has 3 aliphatic rings. The Kier molecular flexibility index (Phi) is 6.42. The number of hydrogen-bond donors (Lipinski definition) is 3. The van der Waals surface area contributed by atoms with Crippen molar-refractivity contribution in [2.75, 3.05) is 62.2 Å². The highest BCUT2D eigenvalue weighted by Crippen LogP contribution is 2.58. The van der Waals surface area contributed by atoms with Gasteiger partial charge in [-0.3, -0.25) is 4.79 Å². The first-order valence-corrected chi connectivity index (χ1v) is 11.2. The number of hydrogen-bond acceptors (Lipinski definition) is 8. The molecule has 3 aliphatic carbocycles. The molecule has 3 N–H and O–H groups in total. The van der Waals surface area contributed by atoms with Crippen LogP contribution in [0.25, 0.3) is 0 Å². The number of ether oxygens (including phenoxy) is 1. The maximum absolute atomic E-state index is 12.1. The van der Waals surface area contributed by atoms with Gasteiger partial charge in [0.15, 0.2) is 0 Å². The second-order valence-electron chi connectivity index (χ2n) is 9.29. The summed E-state index contributed by atoms with van der Waals surface area (Å²) >= 11 is 0. The van der Waals surface area contributed by atoms with Crippen molar-refractivity contribution in [3.8, 4) is 5.75 Å². The van der Waals surface area contributed by atoms with Gasteiger partial charge in [0.25, 0.3) is 0 Å². The third-order valence-electron chi connectivity index (χ3n) is 6.42. The predicted molar refractivity (Wildman–Crippen MR) is 133 cm³/mol. The molecule has 2 bridgehead atoms. The lowest BCUT2D eigenvalue weighted by atomic mass is 9.50. The Labute approximate surface area is 195 Å². The molecule has 1 amide bonds. The van der Waals surface area contributed by atoms with E-state index in [0.717, 1.165) is 30.5 Å². The molecule has 33 heavy (non-hydrogen) atoms. The highest BCUT2D eigenvalue weighted by molar-refractivity contribution is 6.02. The minimum Gasteiger partial charge on any atom is -0.494 e. The van der Waals surface area contributed by atoms with E-state index >= 15 is 0 Å². The minimum atomic E-state index is -0.277. The van der Waals surface area contributed by atoms with Crippen LogP contribution in [0.1, 0.15) is 19.3 Å². The molecular weight excluding hydrogens is 418 g/mol. The van der Waals surface area contributed by atoms with Crippen LogP contribution in [0, 0.1) is 5.92 Å². The lowest BCUT2D eigenvalue weighted by Gasteiger charge is -2.62. The van der Waals surface area contributed by atoms with Gasteiger partial charge in [-0.05, 0) is 51.4 Å². The van der Waals surface area contributed by atoms with Crippen molar-refractivity contribution in [2.24, 2.45) is 5.92 Å². The number of nitrogens with one attached hydrogen (secondary N) is 3. The number of carbonyl (C=O) groups excluding carboxylic acids is 1. The van der Waals surface area contributed by atoms with Gasteiger partial charge in [0.05, 0.1) is 24.2 Å². The lowest BCUT2D eigenvalue weighted by molar-refractivity contribution is -0.111. The van der Waals surface area contributed by atoms with Crippen LogP contribution in [0.5, 0.6) is 5.75 Å². The summed E-state index contributed by atoms with van der Waals surface area (Å²) in [5.74, 6) is 2.71. The van der Waals surface area contributed by atoms with Crippen molar-refractivity contribution in [2.45, 2.75) is 24.8 Å². The van der Waals surface area contributed by atoms with E-state index in [0.29, 0.717) is 22.9 Å². The molecule has 0 atom stereocenters. The van der Waals surface area contributed by atoms with E-state index in [1.807, 2.05) is 39.3 Å². The molecule has 0 saturated heterocycles. The number of benzene rings is 1. The smallest absolute Gasteiger partial charge is 0.247 e. The Balaban J connectivity index is 1.59. The molecule has 1 heterocycles. The van der Waals surface area contributed by atoms with Crippen LogP contribution in [0.4, 0.5) is 28.7 Å². The first-order valence-electron chi connectivity index (χ1n) is 11.2. The van der Waals surface area contributed by atoms with Crippen LogP contribution in [0.2, 0.25) is 0 Å². The molecule has 0 aliphatic heterocycles. The first kappa shape index (κ1) is 22.8. The summed E-state index contributed by atoms with van der Waals surface area (Å²) in [6.07, 6.45) is 6.48. The highest BCUT2D eigenvalue weighted by Gasteiger charge is 2.56. The Hall–Kier alpha value is -3.33. The quantitative estimate of drug-likeness (QED) is 0.448. The van der Waals surface area contributed by atoms with Crippen LogP contribution in [0.15, 0.2) is 37.2 Å². The standard InChI is InChI=1S/C24H33N7O2/c1-6-23(32)28-17-9-18(20(33-5)10-19(17)31(4)8-7-30(2)3)27-21-11-22(26-15-25-21)29-24-12-16(13-24)14-24/h6,9-11,15-16H,1,7-8,12-14H2,2-5H3,(H,28,32)(H2,25,26,27,29). The van der Waals surface area contributed by atoms with Gasteiger partial charge in [-0.2, -0.15) is 0 Å². The normalized spacial score (nSPS) is 20.3. The van der Waals surface area contributed by atoms with E-state index in [4.69, 9.17) is 4.74 Å². The van der Waals surface area contributed by atoms with Crippen molar-refractivity contribution in [3.63, 3.8) is 0 Å². The van der Waals surface area contributed by atoms with E-state index in [1.54, 1.807) is 13.4 Å². The summed E-state index contributed by atoms with van der Waals surface area (Å²) in [5, 5.41) is 9.81. The number of aromatic nitrogens is 2. The third kappa shape index (κ3) is 5.03. The highest BCUT2D eigenvalue weighted by atomic mass is 16.5. The van der Waals surface area contributed by atoms with Gasteiger partial charge in [0.1, 0.15) is 23.7 Å². The summed E-state index contributed by atoms with van der Waals surface area (Å²) in [7, 11) is 7.67. The monoisotopic (exact) mass is 451 g/mol. The fourth-order valence-electron chi connectivity index (χ4n) is 4.44. The number of likely N-dealkylation sites (N-methyl/N-ethyl adjacent to an activating group) is 2. The summed E-state index contributed by atoms with van der Waals surface area (Å²) in [5.41, 5.74) is 2.43. The van der Waals surface area contributed by atoms with Gasteiger partial charge in [0, 0.05) is 37.8 Å². The molecule has 3 fully saturated rings. The molecule has 176 valence electrons. The van der Waals surface area contributed by atoms with Gasteiger partial charge in [0.2, 0.25) is 5.91 Å². The van der Waals surface area contributed by atoms with Crippen molar-refractivity contribution < 1.29 is 9.53 Å².